The number of halogens is 1. The number of fused-ring (bicyclic) bond motifs is 1. The lowest BCUT2D eigenvalue weighted by Crippen LogP contribution is -2.52. The van der Waals surface area contributed by atoms with E-state index in [0.717, 1.165) is 16.9 Å². The van der Waals surface area contributed by atoms with Gasteiger partial charge in [-0.3, -0.25) is 24.6 Å². The van der Waals surface area contributed by atoms with E-state index >= 15 is 4.39 Å². The van der Waals surface area contributed by atoms with E-state index in [2.05, 4.69) is 21.3 Å². The molecule has 3 aromatic rings. The molecule has 3 aliphatic rings. The van der Waals surface area contributed by atoms with Gasteiger partial charge < -0.3 is 14.4 Å². The number of rotatable bonds is 5. The molecule has 1 aromatic heterocycles. The van der Waals surface area contributed by atoms with Crippen molar-refractivity contribution in [2.75, 3.05) is 31.1 Å². The Morgan fingerprint density at radius 1 is 1.10 bits per heavy atom. The molecule has 0 aliphatic carbocycles. The first kappa shape index (κ1) is 25.7. The van der Waals surface area contributed by atoms with E-state index in [0.29, 0.717) is 49.5 Å². The number of nitrogens with one attached hydrogen (secondary N) is 1. The molecule has 0 radical (unpaired) electrons. The van der Waals surface area contributed by atoms with Gasteiger partial charge in [0, 0.05) is 57.4 Å². The number of benzene rings is 2. The van der Waals surface area contributed by atoms with Crippen LogP contribution >= 0.6 is 0 Å². The molecule has 1 unspecified atom stereocenters. The molecule has 0 spiro atoms. The van der Waals surface area contributed by atoms with Crippen LogP contribution in [0.15, 0.2) is 42.9 Å². The molecule has 10 nitrogen and oxygen atoms in total. The van der Waals surface area contributed by atoms with E-state index in [1.54, 1.807) is 12.4 Å². The number of hydrogen-bond donors (Lipinski definition) is 1. The summed E-state index contributed by atoms with van der Waals surface area (Å²) in [5.74, 6) is -1.67. The summed E-state index contributed by atoms with van der Waals surface area (Å²) in [5.41, 5.74) is 4.68. The van der Waals surface area contributed by atoms with Gasteiger partial charge in [0.25, 0.3) is 5.91 Å². The second-order valence-corrected chi connectivity index (χ2v) is 10.5. The topological polar surface area (TPSA) is 115 Å². The highest BCUT2D eigenvalue weighted by atomic mass is 19.1. The largest absolute Gasteiger partial charge is 0.367 e. The number of carbonyl (C=O) groups is 3. The lowest BCUT2D eigenvalue weighted by atomic mass is 10.0. The third-order valence-electron chi connectivity index (χ3n) is 7.88. The average molecular weight is 542 g/mol. The van der Waals surface area contributed by atoms with Crippen molar-refractivity contribution >= 4 is 23.4 Å². The molecule has 1 atom stereocenters. The first-order valence-electron chi connectivity index (χ1n) is 13.3. The normalized spacial score (nSPS) is 19.5. The van der Waals surface area contributed by atoms with Crippen LogP contribution in [-0.2, 0) is 22.7 Å². The fourth-order valence-corrected chi connectivity index (χ4v) is 5.77. The Hall–Kier alpha value is -4.56. The maximum absolute atomic E-state index is 15.2. The molecule has 11 heteroatoms. The summed E-state index contributed by atoms with van der Waals surface area (Å²) >= 11 is 0. The van der Waals surface area contributed by atoms with Gasteiger partial charge in [0.05, 0.1) is 29.0 Å². The van der Waals surface area contributed by atoms with E-state index in [1.165, 1.54) is 11.0 Å². The number of piperidine rings is 1. The summed E-state index contributed by atoms with van der Waals surface area (Å²) < 4.78 is 17.1. The van der Waals surface area contributed by atoms with Crippen molar-refractivity contribution in [2.24, 2.45) is 0 Å². The van der Waals surface area contributed by atoms with Crippen molar-refractivity contribution in [3.63, 3.8) is 0 Å². The standard InChI is InChI=1S/C29H28FN7O3/c1-18-14-36(17-32-18)24-3-2-19(10-20(24)13-31)15-34-6-8-35(9-7-34)26-11-21-16-37(29(40)22(21)12-23(26)30)25-4-5-27(38)33-28(25)39/h2-3,10-12,14,17,25H,4-9,15-16H2,1H3,(H,33,38,39). The third kappa shape index (κ3) is 4.71. The molecule has 6 rings (SSSR count). The zero-order valence-electron chi connectivity index (χ0n) is 22.1. The number of aromatic nitrogens is 2. The number of piperazine rings is 1. The van der Waals surface area contributed by atoms with Gasteiger partial charge in [0.2, 0.25) is 11.8 Å². The van der Waals surface area contributed by atoms with Crippen molar-refractivity contribution < 1.29 is 18.8 Å². The number of nitrogens with zero attached hydrogens (tertiary/aromatic N) is 6. The summed E-state index contributed by atoms with van der Waals surface area (Å²) in [6, 6.07) is 10.4. The smallest absolute Gasteiger partial charge is 0.255 e. The van der Waals surface area contributed by atoms with Crippen LogP contribution in [0.5, 0.6) is 0 Å². The summed E-state index contributed by atoms with van der Waals surface area (Å²) in [4.78, 5) is 46.7. The average Bonchev–Trinajstić information content (AvgIpc) is 3.51. The van der Waals surface area contributed by atoms with Crippen molar-refractivity contribution in [1.29, 1.82) is 5.26 Å². The number of amides is 3. The van der Waals surface area contributed by atoms with Gasteiger partial charge in [-0.2, -0.15) is 5.26 Å². The Bertz CT molecular complexity index is 1570. The van der Waals surface area contributed by atoms with Crippen LogP contribution in [0.2, 0.25) is 0 Å². The first-order valence-corrected chi connectivity index (χ1v) is 13.3. The molecular weight excluding hydrogens is 513 g/mol. The van der Waals surface area contributed by atoms with Crippen LogP contribution in [0, 0.1) is 24.1 Å². The van der Waals surface area contributed by atoms with E-state index in [-0.39, 0.29) is 36.8 Å². The quantitative estimate of drug-likeness (QED) is 0.493. The summed E-state index contributed by atoms with van der Waals surface area (Å²) in [6.45, 7) is 5.43. The second kappa shape index (κ2) is 10.2. The molecule has 0 bridgehead atoms. The molecule has 2 saturated heterocycles. The minimum absolute atomic E-state index is 0.173. The van der Waals surface area contributed by atoms with Gasteiger partial charge in [0.1, 0.15) is 17.9 Å². The molecule has 3 amide bonds. The fraction of sp³-hybridized carbons (Fsp3) is 0.345. The van der Waals surface area contributed by atoms with E-state index in [1.807, 2.05) is 40.8 Å². The van der Waals surface area contributed by atoms with Crippen molar-refractivity contribution in [2.45, 2.75) is 38.9 Å². The fourth-order valence-electron chi connectivity index (χ4n) is 5.77. The van der Waals surface area contributed by atoms with Gasteiger partial charge in [-0.1, -0.05) is 6.07 Å². The molecule has 3 aliphatic heterocycles. The molecule has 204 valence electrons. The lowest BCUT2D eigenvalue weighted by molar-refractivity contribution is -0.136. The van der Waals surface area contributed by atoms with E-state index < -0.39 is 17.8 Å². The highest BCUT2D eigenvalue weighted by molar-refractivity contribution is 6.05. The second-order valence-electron chi connectivity index (χ2n) is 10.5. The summed E-state index contributed by atoms with van der Waals surface area (Å²) in [5, 5.41) is 12.0. The minimum Gasteiger partial charge on any atom is -0.367 e. The minimum atomic E-state index is -0.729. The predicted octanol–water partition coefficient (Wildman–Crippen LogP) is 2.27. The maximum Gasteiger partial charge on any atom is 0.255 e. The lowest BCUT2D eigenvalue weighted by Gasteiger charge is -2.36. The number of imide groups is 1. The molecule has 1 N–H and O–H groups in total. The van der Waals surface area contributed by atoms with Crippen LogP contribution in [0.3, 0.4) is 0 Å². The van der Waals surface area contributed by atoms with Gasteiger partial charge >= 0.3 is 0 Å². The SMILES string of the molecule is Cc1cn(-c2ccc(CN3CCN(c4cc5c(cc4F)C(=O)N(C4CCC(=O)NC4=O)C5)CC3)cc2C#N)cn1. The number of nitriles is 1. The number of imidazole rings is 1. The zero-order valence-corrected chi connectivity index (χ0v) is 22.1. The van der Waals surface area contributed by atoms with Gasteiger partial charge in [-0.15, -0.1) is 0 Å². The molecule has 40 heavy (non-hydrogen) atoms. The van der Waals surface area contributed by atoms with Crippen LogP contribution in [0.4, 0.5) is 10.1 Å². The van der Waals surface area contributed by atoms with Crippen LogP contribution < -0.4 is 10.2 Å². The highest BCUT2D eigenvalue weighted by Crippen LogP contribution is 2.33. The van der Waals surface area contributed by atoms with Gasteiger partial charge in [-0.25, -0.2) is 9.37 Å². The summed E-state index contributed by atoms with van der Waals surface area (Å²) in [7, 11) is 0. The number of anilines is 1. The van der Waals surface area contributed by atoms with Crippen LogP contribution in [0.1, 0.15) is 45.6 Å². The van der Waals surface area contributed by atoms with E-state index in [9.17, 15) is 19.6 Å². The van der Waals surface area contributed by atoms with E-state index in [4.69, 9.17) is 0 Å². The predicted molar refractivity (Wildman–Crippen MR) is 143 cm³/mol. The Kier molecular flexibility index (Phi) is 6.56. The molecule has 2 fully saturated rings. The number of aryl methyl sites for hydroxylation is 1. The Balaban J connectivity index is 1.11. The molecular formula is C29H28FN7O3. The van der Waals surface area contributed by atoms with Crippen molar-refractivity contribution in [3.05, 3.63) is 76.6 Å². The van der Waals surface area contributed by atoms with Gasteiger partial charge in [-0.05, 0) is 48.7 Å². The molecule has 2 aromatic carbocycles. The third-order valence-corrected chi connectivity index (χ3v) is 7.88. The molecule has 4 heterocycles. The van der Waals surface area contributed by atoms with Crippen LogP contribution in [0.25, 0.3) is 5.69 Å². The number of hydrogen-bond acceptors (Lipinski definition) is 7. The highest BCUT2D eigenvalue weighted by Gasteiger charge is 2.40. The van der Waals surface area contributed by atoms with Crippen molar-refractivity contribution in [1.82, 2.24) is 24.7 Å². The van der Waals surface area contributed by atoms with Crippen LogP contribution in [-0.4, -0.2) is 69.3 Å². The monoisotopic (exact) mass is 541 g/mol. The zero-order chi connectivity index (χ0) is 28.0. The van der Waals surface area contributed by atoms with Crippen molar-refractivity contribution in [3.8, 4) is 11.8 Å². The molecule has 0 saturated carbocycles. The first-order chi connectivity index (χ1) is 19.3. The Labute approximate surface area is 230 Å². The maximum atomic E-state index is 15.2. The Morgan fingerprint density at radius 2 is 1.90 bits per heavy atom. The summed E-state index contributed by atoms with van der Waals surface area (Å²) in [6.07, 6.45) is 4.02. The number of carbonyl (C=O) groups excluding carboxylic acids is 3. The van der Waals surface area contributed by atoms with Gasteiger partial charge in [0.15, 0.2) is 0 Å². The Morgan fingerprint density at radius 3 is 2.60 bits per heavy atom.